The first kappa shape index (κ1) is 10.5. The van der Waals surface area contributed by atoms with Gasteiger partial charge in [0.05, 0.1) is 12.2 Å². The predicted molar refractivity (Wildman–Crippen MR) is 59.7 cm³/mol. The molecule has 0 heterocycles. The van der Waals surface area contributed by atoms with Crippen molar-refractivity contribution < 1.29 is 9.53 Å². The Morgan fingerprint density at radius 3 is 2.87 bits per heavy atom. The average molecular weight is 225 g/mol. The number of hydrogen-bond acceptors (Lipinski definition) is 2. The molecule has 0 unspecified atom stereocenters. The third kappa shape index (κ3) is 2.72. The van der Waals surface area contributed by atoms with Crippen molar-refractivity contribution in [2.24, 2.45) is 5.92 Å². The highest BCUT2D eigenvalue weighted by molar-refractivity contribution is 6.31. The summed E-state index contributed by atoms with van der Waals surface area (Å²) in [6.07, 6.45) is 2.48. The smallest absolute Gasteiger partial charge is 0.163 e. The van der Waals surface area contributed by atoms with E-state index in [0.717, 1.165) is 0 Å². The molecule has 0 N–H and O–H groups in total. The number of carbonyl (C=O) groups excluding carboxylic acids is 1. The summed E-state index contributed by atoms with van der Waals surface area (Å²) < 4.78 is 5.60. The molecule has 0 spiro atoms. The molecule has 2 nitrogen and oxygen atoms in total. The lowest BCUT2D eigenvalue weighted by molar-refractivity contribution is 0.101. The van der Waals surface area contributed by atoms with Gasteiger partial charge in [-0.15, -0.1) is 0 Å². The van der Waals surface area contributed by atoms with Crippen molar-refractivity contribution in [3.8, 4) is 5.75 Å². The van der Waals surface area contributed by atoms with Gasteiger partial charge in [-0.25, -0.2) is 0 Å². The van der Waals surface area contributed by atoms with E-state index >= 15 is 0 Å². The molecule has 0 aliphatic heterocycles. The number of rotatable bonds is 4. The van der Waals surface area contributed by atoms with Crippen LogP contribution in [0.4, 0.5) is 0 Å². The van der Waals surface area contributed by atoms with Crippen molar-refractivity contribution in [3.63, 3.8) is 0 Å². The summed E-state index contributed by atoms with van der Waals surface area (Å²) in [4.78, 5) is 11.3. The van der Waals surface area contributed by atoms with E-state index in [1.165, 1.54) is 19.8 Å². The lowest BCUT2D eigenvalue weighted by atomic mass is 10.1. The van der Waals surface area contributed by atoms with Crippen LogP contribution in [0.3, 0.4) is 0 Å². The molecule has 1 aromatic rings. The van der Waals surface area contributed by atoms with Gasteiger partial charge in [0.25, 0.3) is 0 Å². The molecular formula is C12H13ClO2. The lowest BCUT2D eigenvalue weighted by Gasteiger charge is -2.09. The third-order valence-electron chi connectivity index (χ3n) is 2.49. The summed E-state index contributed by atoms with van der Waals surface area (Å²) in [6, 6.07) is 5.17. The van der Waals surface area contributed by atoms with Crippen LogP contribution in [0.15, 0.2) is 18.2 Å². The third-order valence-corrected chi connectivity index (χ3v) is 2.73. The van der Waals surface area contributed by atoms with Gasteiger partial charge in [-0.1, -0.05) is 11.6 Å². The van der Waals surface area contributed by atoms with Crippen LogP contribution in [-0.2, 0) is 0 Å². The van der Waals surface area contributed by atoms with E-state index in [4.69, 9.17) is 16.3 Å². The molecule has 0 amide bonds. The largest absolute Gasteiger partial charge is 0.493 e. The predicted octanol–water partition coefficient (Wildman–Crippen LogP) is 3.33. The molecule has 1 saturated carbocycles. The molecule has 1 aliphatic rings. The van der Waals surface area contributed by atoms with Crippen molar-refractivity contribution in [2.75, 3.05) is 6.61 Å². The molecule has 0 atom stereocenters. The van der Waals surface area contributed by atoms with Crippen molar-refractivity contribution in [1.29, 1.82) is 0 Å². The minimum atomic E-state index is -0.0108. The molecule has 1 aromatic carbocycles. The van der Waals surface area contributed by atoms with E-state index in [9.17, 15) is 4.79 Å². The summed E-state index contributed by atoms with van der Waals surface area (Å²) >= 11 is 5.83. The molecular weight excluding hydrogens is 212 g/mol. The molecule has 3 heteroatoms. The van der Waals surface area contributed by atoms with Crippen molar-refractivity contribution in [2.45, 2.75) is 19.8 Å². The SMILES string of the molecule is CC(=O)c1cc(Cl)ccc1OCC1CC1. The minimum Gasteiger partial charge on any atom is -0.493 e. The molecule has 15 heavy (non-hydrogen) atoms. The lowest BCUT2D eigenvalue weighted by Crippen LogP contribution is -2.04. The van der Waals surface area contributed by atoms with Crippen LogP contribution < -0.4 is 4.74 Å². The van der Waals surface area contributed by atoms with Gasteiger partial charge in [-0.05, 0) is 43.9 Å². The zero-order valence-electron chi connectivity index (χ0n) is 8.63. The molecule has 80 valence electrons. The van der Waals surface area contributed by atoms with Crippen LogP contribution in [0.1, 0.15) is 30.1 Å². The maximum Gasteiger partial charge on any atom is 0.163 e. The Morgan fingerprint density at radius 2 is 2.27 bits per heavy atom. The standard InChI is InChI=1S/C12H13ClO2/c1-8(14)11-6-10(13)4-5-12(11)15-7-9-2-3-9/h4-6,9H,2-3,7H2,1H3. The first-order valence-electron chi connectivity index (χ1n) is 5.10. The van der Waals surface area contributed by atoms with Crippen molar-refractivity contribution in [1.82, 2.24) is 0 Å². The summed E-state index contributed by atoms with van der Waals surface area (Å²) in [5, 5.41) is 0.568. The van der Waals surface area contributed by atoms with E-state index < -0.39 is 0 Å². The number of ether oxygens (including phenoxy) is 1. The Balaban J connectivity index is 2.15. The zero-order chi connectivity index (χ0) is 10.8. The van der Waals surface area contributed by atoms with Crippen molar-refractivity contribution in [3.05, 3.63) is 28.8 Å². The fraction of sp³-hybridized carbons (Fsp3) is 0.417. The number of Topliss-reactive ketones (excluding diaryl/α,β-unsaturated/α-hetero) is 1. The Bertz CT molecular complexity index is 383. The fourth-order valence-electron chi connectivity index (χ4n) is 1.40. The van der Waals surface area contributed by atoms with E-state index in [2.05, 4.69) is 0 Å². The van der Waals surface area contributed by atoms with Crippen LogP contribution in [0.25, 0.3) is 0 Å². The number of benzene rings is 1. The van der Waals surface area contributed by atoms with Gasteiger partial charge < -0.3 is 4.74 Å². The molecule has 0 saturated heterocycles. The van der Waals surface area contributed by atoms with E-state index in [0.29, 0.717) is 28.9 Å². The minimum absolute atomic E-state index is 0.0108. The Hall–Kier alpha value is -1.02. The van der Waals surface area contributed by atoms with Gasteiger partial charge in [-0.3, -0.25) is 4.79 Å². The van der Waals surface area contributed by atoms with Crippen LogP contribution in [0, 0.1) is 5.92 Å². The summed E-state index contributed by atoms with van der Waals surface area (Å²) in [6.45, 7) is 2.23. The quantitative estimate of drug-likeness (QED) is 0.734. The second-order valence-corrected chi connectivity index (χ2v) is 4.39. The second-order valence-electron chi connectivity index (χ2n) is 3.95. The van der Waals surface area contributed by atoms with Crippen LogP contribution in [-0.4, -0.2) is 12.4 Å². The van der Waals surface area contributed by atoms with Crippen LogP contribution >= 0.6 is 11.6 Å². The molecule has 1 fully saturated rings. The Kier molecular flexibility index (Phi) is 2.96. The Morgan fingerprint density at radius 1 is 1.53 bits per heavy atom. The van der Waals surface area contributed by atoms with Gasteiger partial charge in [0.15, 0.2) is 5.78 Å². The Labute approximate surface area is 94.2 Å². The first-order chi connectivity index (χ1) is 7.16. The molecule has 2 rings (SSSR count). The first-order valence-corrected chi connectivity index (χ1v) is 5.48. The number of carbonyl (C=O) groups is 1. The second kappa shape index (κ2) is 4.23. The van der Waals surface area contributed by atoms with Crippen LogP contribution in [0.2, 0.25) is 5.02 Å². The van der Waals surface area contributed by atoms with E-state index in [-0.39, 0.29) is 5.78 Å². The molecule has 0 bridgehead atoms. The topological polar surface area (TPSA) is 26.3 Å². The van der Waals surface area contributed by atoms with Gasteiger partial charge in [0.1, 0.15) is 5.75 Å². The fourth-order valence-corrected chi connectivity index (χ4v) is 1.57. The molecule has 0 aromatic heterocycles. The van der Waals surface area contributed by atoms with E-state index in [1.807, 2.05) is 0 Å². The molecule has 0 radical (unpaired) electrons. The normalized spacial score (nSPS) is 15.1. The zero-order valence-corrected chi connectivity index (χ0v) is 9.38. The summed E-state index contributed by atoms with van der Waals surface area (Å²) in [5.41, 5.74) is 0.572. The van der Waals surface area contributed by atoms with Gasteiger partial charge >= 0.3 is 0 Å². The number of hydrogen-bond donors (Lipinski definition) is 0. The van der Waals surface area contributed by atoms with Gasteiger partial charge in [0, 0.05) is 5.02 Å². The van der Waals surface area contributed by atoms with E-state index in [1.54, 1.807) is 18.2 Å². The van der Waals surface area contributed by atoms with Gasteiger partial charge in [0.2, 0.25) is 0 Å². The van der Waals surface area contributed by atoms with Crippen molar-refractivity contribution >= 4 is 17.4 Å². The average Bonchev–Trinajstić information content (AvgIpc) is 2.99. The maximum absolute atomic E-state index is 11.3. The summed E-state index contributed by atoms with van der Waals surface area (Å²) in [5.74, 6) is 1.32. The monoisotopic (exact) mass is 224 g/mol. The van der Waals surface area contributed by atoms with Gasteiger partial charge in [-0.2, -0.15) is 0 Å². The number of halogens is 1. The highest BCUT2D eigenvalue weighted by Gasteiger charge is 2.22. The highest BCUT2D eigenvalue weighted by atomic mass is 35.5. The van der Waals surface area contributed by atoms with Crippen LogP contribution in [0.5, 0.6) is 5.75 Å². The highest BCUT2D eigenvalue weighted by Crippen LogP contribution is 2.31. The maximum atomic E-state index is 11.3. The molecule has 1 aliphatic carbocycles. The number of ketones is 1. The summed E-state index contributed by atoms with van der Waals surface area (Å²) in [7, 11) is 0.